The third kappa shape index (κ3) is 9.57. The molecule has 0 N–H and O–H groups in total. The number of halogens is 1. The molecule has 6 nitrogen and oxygen atoms in total. The van der Waals surface area contributed by atoms with Crippen molar-refractivity contribution in [2.24, 2.45) is 5.92 Å². The number of allylic oxidation sites excluding steroid dienone is 5. The van der Waals surface area contributed by atoms with E-state index in [-0.39, 0.29) is 28.7 Å². The number of para-hydroxylation sites is 4. The van der Waals surface area contributed by atoms with Crippen molar-refractivity contribution < 1.29 is 23.6 Å². The monoisotopic (exact) mass is 807 g/mol. The van der Waals surface area contributed by atoms with Gasteiger partial charge in [0, 0.05) is 65.6 Å². The van der Waals surface area contributed by atoms with E-state index in [1.54, 1.807) is 12.1 Å². The van der Waals surface area contributed by atoms with Gasteiger partial charge in [-0.25, -0.2) is 0 Å². The first-order chi connectivity index (χ1) is 28.5. The van der Waals surface area contributed by atoms with Crippen LogP contribution in [0.5, 0.6) is 11.5 Å². The second kappa shape index (κ2) is 18.7. The van der Waals surface area contributed by atoms with Crippen molar-refractivity contribution >= 4 is 40.6 Å². The molecule has 0 aromatic heterocycles. The second-order valence-corrected chi connectivity index (χ2v) is 17.2. The van der Waals surface area contributed by atoms with Crippen molar-refractivity contribution in [3.05, 3.63) is 161 Å². The maximum absolute atomic E-state index is 12.6. The Bertz CT molecular complexity index is 2310. The van der Waals surface area contributed by atoms with Gasteiger partial charge in [-0.3, -0.25) is 9.59 Å². The molecule has 2 aliphatic heterocycles. The summed E-state index contributed by atoms with van der Waals surface area (Å²) in [6.07, 6.45) is 13.6. The van der Waals surface area contributed by atoms with Crippen LogP contribution in [0, 0.1) is 5.92 Å². The molecule has 1 unspecified atom stereocenters. The molecular formula is C52H56ClN2O4+. The van der Waals surface area contributed by atoms with Gasteiger partial charge in [-0.2, -0.15) is 4.58 Å². The lowest BCUT2D eigenvalue weighted by molar-refractivity contribution is -0.438. The van der Waals surface area contributed by atoms with Gasteiger partial charge in [0.2, 0.25) is 5.69 Å². The van der Waals surface area contributed by atoms with E-state index in [0.717, 1.165) is 68.8 Å². The average Bonchev–Trinajstić information content (AvgIpc) is 3.59. The molecule has 0 saturated carbocycles. The number of hydrogen-bond donors (Lipinski definition) is 0. The van der Waals surface area contributed by atoms with Crippen molar-refractivity contribution in [3.8, 4) is 11.5 Å². The molecule has 7 rings (SSSR count). The van der Waals surface area contributed by atoms with Crippen LogP contribution in [0.4, 0.5) is 11.4 Å². The zero-order chi connectivity index (χ0) is 41.4. The largest absolute Gasteiger partial charge is 0.427 e. The fourth-order valence-corrected chi connectivity index (χ4v) is 9.12. The molecule has 7 heteroatoms. The molecule has 59 heavy (non-hydrogen) atoms. The number of carbonyl (C=O) groups is 2. The van der Waals surface area contributed by atoms with Gasteiger partial charge in [0.25, 0.3) is 0 Å². The van der Waals surface area contributed by atoms with E-state index < -0.39 is 0 Å². The minimum absolute atomic E-state index is 0.0669. The molecule has 0 saturated heterocycles. The molecule has 0 spiro atoms. The minimum Gasteiger partial charge on any atom is -0.427 e. The van der Waals surface area contributed by atoms with E-state index in [0.29, 0.717) is 24.3 Å². The lowest BCUT2D eigenvalue weighted by Gasteiger charge is -2.26. The Kier molecular flexibility index (Phi) is 13.2. The summed E-state index contributed by atoms with van der Waals surface area (Å²) >= 11 is 7.32. The number of unbranched alkanes of at least 4 members (excludes halogenated alkanes) is 2. The van der Waals surface area contributed by atoms with Crippen LogP contribution in [-0.4, -0.2) is 35.3 Å². The maximum Gasteiger partial charge on any atom is 0.311 e. The van der Waals surface area contributed by atoms with Crippen molar-refractivity contribution in [2.75, 3.05) is 18.0 Å². The van der Waals surface area contributed by atoms with E-state index in [1.807, 2.05) is 48.5 Å². The molecule has 1 atom stereocenters. The van der Waals surface area contributed by atoms with E-state index in [1.165, 1.54) is 33.8 Å². The first-order valence-corrected chi connectivity index (χ1v) is 21.6. The smallest absolute Gasteiger partial charge is 0.311 e. The fourth-order valence-electron chi connectivity index (χ4n) is 8.79. The third-order valence-electron chi connectivity index (χ3n) is 12.0. The topological polar surface area (TPSA) is 58.8 Å². The van der Waals surface area contributed by atoms with Crippen molar-refractivity contribution in [2.45, 2.75) is 96.3 Å². The van der Waals surface area contributed by atoms with Crippen LogP contribution in [0.15, 0.2) is 149 Å². The number of anilines is 1. The van der Waals surface area contributed by atoms with Crippen LogP contribution in [-0.2, 0) is 20.4 Å². The Morgan fingerprint density at radius 3 is 2.02 bits per heavy atom. The summed E-state index contributed by atoms with van der Waals surface area (Å²) in [7, 11) is 0. The molecule has 0 fully saturated rings. The number of carbonyl (C=O) groups excluding carboxylic acids is 2. The highest BCUT2D eigenvalue weighted by atomic mass is 35.5. The Labute approximate surface area is 355 Å². The number of fused-ring (bicyclic) bond motifs is 2. The minimum atomic E-state index is -0.238. The van der Waals surface area contributed by atoms with Crippen LogP contribution in [0.1, 0.15) is 96.6 Å². The van der Waals surface area contributed by atoms with Gasteiger partial charge in [-0.1, -0.05) is 90.5 Å². The van der Waals surface area contributed by atoms with Crippen LogP contribution < -0.4 is 14.4 Å². The molecule has 4 aromatic carbocycles. The summed E-state index contributed by atoms with van der Waals surface area (Å²) in [5, 5.41) is 0.884. The van der Waals surface area contributed by atoms with Gasteiger partial charge in [-0.05, 0) is 114 Å². The van der Waals surface area contributed by atoms with E-state index >= 15 is 0 Å². The number of esters is 2. The Morgan fingerprint density at radius 2 is 1.34 bits per heavy atom. The van der Waals surface area contributed by atoms with E-state index in [2.05, 4.69) is 110 Å². The van der Waals surface area contributed by atoms with Crippen molar-refractivity contribution in [1.82, 2.24) is 0 Å². The summed E-state index contributed by atoms with van der Waals surface area (Å²) in [5.74, 6) is 0.826. The lowest BCUT2D eigenvalue weighted by Crippen LogP contribution is -2.28. The number of benzene rings is 4. The predicted octanol–water partition coefficient (Wildman–Crippen LogP) is 12.3. The lowest BCUT2D eigenvalue weighted by atomic mass is 9.81. The highest BCUT2D eigenvalue weighted by Gasteiger charge is 2.44. The predicted molar refractivity (Wildman–Crippen MR) is 239 cm³/mol. The van der Waals surface area contributed by atoms with Gasteiger partial charge < -0.3 is 14.4 Å². The molecule has 0 radical (unpaired) electrons. The molecular weight excluding hydrogens is 752 g/mol. The molecule has 2 heterocycles. The SMILES string of the molecule is CC1(C)C(=C=CC2CCCC(/C=C/C3=[N+](CCCCC(=O)Oc4ccccc4)c4ccccc4C3(C)C)=C2Cl)N(CCCCC(=O)Oc2ccccc2)c2ccccc21. The summed E-state index contributed by atoms with van der Waals surface area (Å²) in [6.45, 7) is 10.7. The molecule has 304 valence electrons. The second-order valence-electron chi connectivity index (χ2n) is 16.8. The summed E-state index contributed by atoms with van der Waals surface area (Å²) in [4.78, 5) is 27.5. The van der Waals surface area contributed by atoms with Gasteiger partial charge in [-0.15, -0.1) is 5.73 Å². The van der Waals surface area contributed by atoms with Crippen molar-refractivity contribution in [3.63, 3.8) is 0 Å². The van der Waals surface area contributed by atoms with Gasteiger partial charge in [0.15, 0.2) is 5.71 Å². The normalized spacial score (nSPS) is 17.8. The van der Waals surface area contributed by atoms with E-state index in [9.17, 15) is 9.59 Å². The molecule has 4 aromatic rings. The molecule has 0 amide bonds. The van der Waals surface area contributed by atoms with Gasteiger partial charge in [0.05, 0.1) is 11.1 Å². The van der Waals surface area contributed by atoms with Crippen LogP contribution in [0.3, 0.4) is 0 Å². The van der Waals surface area contributed by atoms with Crippen LogP contribution in [0.2, 0.25) is 0 Å². The Hall–Kier alpha value is -5.42. The highest BCUT2D eigenvalue weighted by Crippen LogP contribution is 2.48. The standard InChI is InChI=1S/C52H56ClN2O4/c1-51(2)42-26-11-13-28-44(42)54(36-17-15-30-48(56)58-40-22-7-5-8-23-40)46(51)34-32-38-20-19-21-39(50(38)53)33-35-47-52(3,4)43-27-12-14-29-45(43)55(47)37-18-16-31-49(57)59-41-24-9-6-10-25-41/h5-14,22-29,32-34,39H,15-21,30-31,36-37H2,1-4H3/q+1/b34-32+. The first kappa shape index (κ1) is 41.7. The summed E-state index contributed by atoms with van der Waals surface area (Å²) < 4.78 is 13.5. The first-order valence-electron chi connectivity index (χ1n) is 21.2. The fraction of sp³-hybridized carbons (Fsp3) is 0.346. The van der Waals surface area contributed by atoms with Gasteiger partial charge in [0.1, 0.15) is 18.0 Å². The number of hydrogen-bond acceptors (Lipinski definition) is 5. The van der Waals surface area contributed by atoms with Crippen LogP contribution >= 0.6 is 11.6 Å². The summed E-state index contributed by atoms with van der Waals surface area (Å²) in [6, 6.07) is 35.8. The highest BCUT2D eigenvalue weighted by molar-refractivity contribution is 6.30. The van der Waals surface area contributed by atoms with Gasteiger partial charge >= 0.3 is 11.9 Å². The molecule has 0 bridgehead atoms. The maximum atomic E-state index is 12.6. The third-order valence-corrected chi connectivity index (χ3v) is 12.5. The number of nitrogens with zero attached hydrogens (tertiary/aromatic N) is 2. The average molecular weight is 808 g/mol. The number of rotatable bonds is 15. The quantitative estimate of drug-likeness (QED) is 0.0394. The van der Waals surface area contributed by atoms with E-state index in [4.69, 9.17) is 21.1 Å². The summed E-state index contributed by atoms with van der Waals surface area (Å²) in [5.41, 5.74) is 11.9. The Balaban J connectivity index is 1.07. The zero-order valence-electron chi connectivity index (χ0n) is 34.9. The zero-order valence-corrected chi connectivity index (χ0v) is 35.6. The molecule has 1 aliphatic carbocycles. The molecule has 3 aliphatic rings. The Morgan fingerprint density at radius 1 is 0.746 bits per heavy atom. The number of ether oxygens (including phenoxy) is 2. The van der Waals surface area contributed by atoms with Crippen molar-refractivity contribution in [1.29, 1.82) is 0 Å². The van der Waals surface area contributed by atoms with Crippen LogP contribution in [0.25, 0.3) is 0 Å².